The van der Waals surface area contributed by atoms with Gasteiger partial charge in [0.25, 0.3) is 5.91 Å². The number of nitrogens with zero attached hydrogens (tertiary/aromatic N) is 3. The van der Waals surface area contributed by atoms with Crippen LogP contribution in [-0.2, 0) is 19.5 Å². The van der Waals surface area contributed by atoms with Gasteiger partial charge in [0, 0.05) is 69.8 Å². The van der Waals surface area contributed by atoms with Crippen molar-refractivity contribution in [3.05, 3.63) is 87.8 Å². The molecule has 7 rings (SSSR count). The van der Waals surface area contributed by atoms with Crippen molar-refractivity contribution in [1.29, 1.82) is 0 Å². The summed E-state index contributed by atoms with van der Waals surface area (Å²) >= 11 is 2.80. The Labute approximate surface area is 258 Å². The van der Waals surface area contributed by atoms with Crippen LogP contribution in [0.1, 0.15) is 26.5 Å². The van der Waals surface area contributed by atoms with Crippen molar-refractivity contribution < 1.29 is 28.5 Å². The van der Waals surface area contributed by atoms with Gasteiger partial charge >= 0.3 is 0 Å². The summed E-state index contributed by atoms with van der Waals surface area (Å²) in [5.41, 5.74) is 4.62. The number of rotatable bonds is 8. The lowest BCUT2D eigenvalue weighted by molar-refractivity contribution is 0.0325. The van der Waals surface area contributed by atoms with E-state index in [1.807, 2.05) is 28.5 Å². The molecule has 0 aliphatic carbocycles. The van der Waals surface area contributed by atoms with E-state index in [-0.39, 0.29) is 30.4 Å². The van der Waals surface area contributed by atoms with Gasteiger partial charge in [-0.3, -0.25) is 9.69 Å². The topological polar surface area (TPSA) is 108 Å². The van der Waals surface area contributed by atoms with E-state index < -0.39 is 17.9 Å². The van der Waals surface area contributed by atoms with Crippen LogP contribution in [0, 0.1) is 11.6 Å². The van der Waals surface area contributed by atoms with Crippen molar-refractivity contribution in [1.82, 2.24) is 20.2 Å². The van der Waals surface area contributed by atoms with E-state index in [0.717, 1.165) is 39.2 Å². The number of pyridine rings is 1. The van der Waals surface area contributed by atoms with Crippen LogP contribution in [0.25, 0.3) is 43.2 Å². The molecular formula is C32H26F2N4O4S2. The molecule has 2 aliphatic heterocycles. The maximum Gasteiger partial charge on any atom is 0.251 e. The zero-order chi connectivity index (χ0) is 30.5. The van der Waals surface area contributed by atoms with Crippen molar-refractivity contribution in [3.63, 3.8) is 0 Å². The van der Waals surface area contributed by atoms with Crippen LogP contribution in [0.2, 0.25) is 0 Å². The number of aliphatic hydroxyl groups excluding tert-OH is 2. The van der Waals surface area contributed by atoms with Gasteiger partial charge in [-0.2, -0.15) is 0 Å². The fraction of sp³-hybridized carbons (Fsp3) is 0.219. The summed E-state index contributed by atoms with van der Waals surface area (Å²) in [4.78, 5) is 25.2. The van der Waals surface area contributed by atoms with E-state index in [4.69, 9.17) is 14.7 Å². The minimum atomic E-state index is -0.827. The maximum atomic E-state index is 15.9. The van der Waals surface area contributed by atoms with Gasteiger partial charge in [-0.05, 0) is 35.2 Å². The highest BCUT2D eigenvalue weighted by atomic mass is 32.1. The summed E-state index contributed by atoms with van der Waals surface area (Å²) in [7, 11) is 0. The van der Waals surface area contributed by atoms with E-state index >= 15 is 4.39 Å². The van der Waals surface area contributed by atoms with E-state index in [9.17, 15) is 19.4 Å². The van der Waals surface area contributed by atoms with Crippen molar-refractivity contribution in [2.45, 2.75) is 25.7 Å². The summed E-state index contributed by atoms with van der Waals surface area (Å²) in [6.45, 7) is 4.68. The molecule has 3 aromatic heterocycles. The third kappa shape index (κ3) is 4.88. The first-order chi connectivity index (χ1) is 21.4. The molecule has 44 heavy (non-hydrogen) atoms. The molecule has 0 radical (unpaired) electrons. The second-order valence-electron chi connectivity index (χ2n) is 10.5. The number of amides is 1. The standard InChI is InChI=1S/C32H26F2N4O4S2/c1-2-25(40)38-7-5-22-24(15-38)44-32(36-22)29-27(26-21(34)12-18(33)13-23(26)42-9-8-39)30-20(6-10-43-30)28(37-29)16-3-4-19-17(11-16)14-35-31(19)41/h2-4,6,10-13,25,39-40H,1,5,7-9,14-15H2,(H,35,41). The van der Waals surface area contributed by atoms with E-state index in [1.165, 1.54) is 28.7 Å². The normalized spacial score (nSPS) is 15.2. The van der Waals surface area contributed by atoms with Crippen molar-refractivity contribution >= 4 is 38.7 Å². The number of aromatic nitrogens is 2. The summed E-state index contributed by atoms with van der Waals surface area (Å²) in [5.74, 6) is -1.81. The number of carbonyl (C=O) groups is 1. The van der Waals surface area contributed by atoms with Crippen LogP contribution in [0.15, 0.2) is 54.4 Å². The minimum Gasteiger partial charge on any atom is -0.490 e. The predicted molar refractivity (Wildman–Crippen MR) is 166 cm³/mol. The Bertz CT molecular complexity index is 1960. The zero-order valence-corrected chi connectivity index (χ0v) is 24.9. The number of halogens is 2. The molecular weight excluding hydrogens is 607 g/mol. The average molecular weight is 633 g/mol. The second-order valence-corrected chi connectivity index (χ2v) is 12.5. The molecule has 1 unspecified atom stereocenters. The van der Waals surface area contributed by atoms with Gasteiger partial charge in [0.2, 0.25) is 0 Å². The lowest BCUT2D eigenvalue weighted by Crippen LogP contribution is -2.37. The third-order valence-corrected chi connectivity index (χ3v) is 9.86. The Morgan fingerprint density at radius 1 is 1.16 bits per heavy atom. The molecule has 224 valence electrons. The molecule has 3 N–H and O–H groups in total. The van der Waals surface area contributed by atoms with Gasteiger partial charge in [0.05, 0.1) is 23.6 Å². The second kappa shape index (κ2) is 11.5. The van der Waals surface area contributed by atoms with Gasteiger partial charge in [-0.25, -0.2) is 18.7 Å². The third-order valence-electron chi connectivity index (χ3n) is 7.84. The highest BCUT2D eigenvalue weighted by molar-refractivity contribution is 7.18. The molecule has 0 spiro atoms. The van der Waals surface area contributed by atoms with Gasteiger partial charge in [-0.15, -0.1) is 22.7 Å². The van der Waals surface area contributed by atoms with Crippen molar-refractivity contribution in [2.75, 3.05) is 19.8 Å². The Kier molecular flexibility index (Phi) is 7.47. The average Bonchev–Trinajstić information content (AvgIpc) is 3.77. The van der Waals surface area contributed by atoms with Crippen LogP contribution in [0.3, 0.4) is 0 Å². The monoisotopic (exact) mass is 632 g/mol. The van der Waals surface area contributed by atoms with Gasteiger partial charge in [0.1, 0.15) is 40.9 Å². The summed E-state index contributed by atoms with van der Waals surface area (Å²) < 4.78 is 36.7. The molecule has 5 heterocycles. The molecule has 5 aromatic rings. The molecule has 1 amide bonds. The highest BCUT2D eigenvalue weighted by Gasteiger charge is 2.30. The first-order valence-electron chi connectivity index (χ1n) is 14.0. The smallest absolute Gasteiger partial charge is 0.251 e. The Hall–Kier alpha value is -4.07. The zero-order valence-electron chi connectivity index (χ0n) is 23.3. The lowest BCUT2D eigenvalue weighted by atomic mass is 9.96. The molecule has 0 saturated carbocycles. The van der Waals surface area contributed by atoms with Gasteiger partial charge < -0.3 is 20.3 Å². The molecule has 12 heteroatoms. The number of fused-ring (bicyclic) bond motifs is 3. The van der Waals surface area contributed by atoms with Gasteiger partial charge in [0.15, 0.2) is 0 Å². The minimum absolute atomic E-state index is 0.0296. The van der Waals surface area contributed by atoms with E-state index in [0.29, 0.717) is 58.3 Å². The molecule has 2 aromatic carbocycles. The first-order valence-corrected chi connectivity index (χ1v) is 15.6. The molecule has 0 fully saturated rings. The summed E-state index contributed by atoms with van der Waals surface area (Å²) in [5, 5.41) is 25.8. The molecule has 0 bridgehead atoms. The largest absolute Gasteiger partial charge is 0.490 e. The number of hydrogen-bond donors (Lipinski definition) is 3. The fourth-order valence-electron chi connectivity index (χ4n) is 5.76. The number of carbonyl (C=O) groups excluding carboxylic acids is 1. The highest BCUT2D eigenvalue weighted by Crippen LogP contribution is 2.48. The van der Waals surface area contributed by atoms with E-state index in [2.05, 4.69) is 11.9 Å². The van der Waals surface area contributed by atoms with Crippen LogP contribution < -0.4 is 10.1 Å². The fourth-order valence-corrected chi connectivity index (χ4v) is 7.84. The van der Waals surface area contributed by atoms with Crippen molar-refractivity contribution in [3.8, 4) is 38.8 Å². The lowest BCUT2D eigenvalue weighted by Gasteiger charge is -2.28. The molecule has 2 aliphatic rings. The number of hydrogen-bond acceptors (Lipinski definition) is 9. The molecule has 0 saturated heterocycles. The summed E-state index contributed by atoms with van der Waals surface area (Å²) in [6, 6.07) is 9.39. The Morgan fingerprint density at radius 3 is 2.84 bits per heavy atom. The van der Waals surface area contributed by atoms with Crippen LogP contribution >= 0.6 is 22.7 Å². The number of ether oxygens (including phenoxy) is 1. The SMILES string of the molecule is C=CC(O)N1CCc2nc(-c3nc(-c4ccc5c(c4)CNC5=O)c4ccsc4c3-c3c(F)cc(F)cc3OCCO)sc2C1. The Morgan fingerprint density at radius 2 is 2.02 bits per heavy atom. The maximum absolute atomic E-state index is 15.9. The number of aliphatic hydroxyl groups is 2. The Balaban J connectivity index is 1.48. The van der Waals surface area contributed by atoms with Crippen molar-refractivity contribution in [2.24, 2.45) is 0 Å². The molecule has 1 atom stereocenters. The van der Waals surface area contributed by atoms with Crippen LogP contribution in [-0.4, -0.2) is 57.0 Å². The summed E-state index contributed by atoms with van der Waals surface area (Å²) in [6.07, 6.45) is 1.29. The number of thiazole rings is 1. The van der Waals surface area contributed by atoms with Crippen LogP contribution in [0.4, 0.5) is 8.78 Å². The quantitative estimate of drug-likeness (QED) is 0.194. The van der Waals surface area contributed by atoms with Gasteiger partial charge in [-0.1, -0.05) is 12.6 Å². The number of benzene rings is 2. The predicted octanol–water partition coefficient (Wildman–Crippen LogP) is 5.51. The van der Waals surface area contributed by atoms with E-state index in [1.54, 1.807) is 6.07 Å². The first kappa shape index (κ1) is 28.7. The number of nitrogens with one attached hydrogen (secondary N) is 1. The number of thiophene rings is 1. The molecule has 8 nitrogen and oxygen atoms in total. The van der Waals surface area contributed by atoms with Crippen LogP contribution in [0.5, 0.6) is 5.75 Å².